The van der Waals surface area contributed by atoms with E-state index in [-0.39, 0.29) is 79.1 Å². The molecule has 0 spiro atoms. The van der Waals surface area contributed by atoms with E-state index in [9.17, 15) is 32.7 Å². The first kappa shape index (κ1) is 39.2. The van der Waals surface area contributed by atoms with Crippen molar-refractivity contribution in [3.63, 3.8) is 0 Å². The van der Waals surface area contributed by atoms with Crippen molar-refractivity contribution in [3.8, 4) is 22.9 Å². The normalized spacial score (nSPS) is 14.1. The average Bonchev–Trinajstić information content (AvgIpc) is 3.62. The summed E-state index contributed by atoms with van der Waals surface area (Å²) in [7, 11) is 0. The quantitative estimate of drug-likeness (QED) is 0.168. The summed E-state index contributed by atoms with van der Waals surface area (Å²) in [5.74, 6) is -0.326. The SMILES string of the molecule is CCCOc1c(CCC)cccc1-c1nc2n(CC(=O)Nc3ccc(C(F)(F)F)c4c3CC4)c(CC)c(N3CCN(C(=O)c4ncnc(C)c4O)CC3)c(=O)n2n1. The number of benzene rings is 2. The first-order chi connectivity index (χ1) is 27.4. The highest BCUT2D eigenvalue weighted by Crippen LogP contribution is 2.41. The van der Waals surface area contributed by atoms with Crippen LogP contribution >= 0.6 is 0 Å². The minimum absolute atomic E-state index is 0.108. The molecule has 2 aromatic carbocycles. The maximum Gasteiger partial charge on any atom is 0.416 e. The molecule has 2 aliphatic rings. The number of piperazine rings is 1. The lowest BCUT2D eigenvalue weighted by atomic mass is 9.83. The summed E-state index contributed by atoms with van der Waals surface area (Å²) in [5.41, 5.74) is 2.28. The number of carbonyl (C=O) groups is 2. The van der Waals surface area contributed by atoms with Crippen LogP contribution in [0.3, 0.4) is 0 Å². The van der Waals surface area contributed by atoms with Gasteiger partial charge in [-0.05, 0) is 73.9 Å². The minimum atomic E-state index is -4.50. The average molecular weight is 788 g/mol. The number of aromatic hydroxyl groups is 1. The van der Waals surface area contributed by atoms with E-state index in [4.69, 9.17) is 14.8 Å². The predicted octanol–water partition coefficient (Wildman–Crippen LogP) is 5.38. The van der Waals surface area contributed by atoms with Crippen molar-refractivity contribution >= 4 is 29.0 Å². The van der Waals surface area contributed by atoms with Crippen molar-refractivity contribution < 1.29 is 32.6 Å². The molecule has 14 nitrogen and oxygen atoms in total. The number of nitrogens with one attached hydrogen (secondary N) is 1. The largest absolute Gasteiger partial charge is 0.504 e. The fraction of sp³-hybridized carbons (Fsp3) is 0.425. The van der Waals surface area contributed by atoms with E-state index in [1.165, 1.54) is 16.9 Å². The molecule has 1 fully saturated rings. The highest BCUT2D eigenvalue weighted by Gasteiger charge is 2.37. The van der Waals surface area contributed by atoms with E-state index in [0.717, 1.165) is 30.9 Å². The molecule has 3 aromatic heterocycles. The third-order valence-corrected chi connectivity index (χ3v) is 10.5. The lowest BCUT2D eigenvalue weighted by Crippen LogP contribution is -2.51. The predicted molar refractivity (Wildman–Crippen MR) is 206 cm³/mol. The molecule has 4 heterocycles. The summed E-state index contributed by atoms with van der Waals surface area (Å²) in [6.07, 6.45) is 0.0682. The molecule has 2 amide bonds. The summed E-state index contributed by atoms with van der Waals surface area (Å²) in [6.45, 7) is 8.51. The Balaban J connectivity index is 1.29. The molecule has 1 saturated heterocycles. The molecule has 1 aliphatic heterocycles. The Morgan fingerprint density at radius 3 is 2.40 bits per heavy atom. The van der Waals surface area contributed by atoms with Crippen LogP contribution in [0.25, 0.3) is 17.2 Å². The van der Waals surface area contributed by atoms with Crippen molar-refractivity contribution in [1.82, 2.24) is 34.0 Å². The van der Waals surface area contributed by atoms with Gasteiger partial charge in [0.05, 0.1) is 29.1 Å². The monoisotopic (exact) mass is 787 g/mol. The summed E-state index contributed by atoms with van der Waals surface area (Å²) in [5, 5.41) is 18.0. The van der Waals surface area contributed by atoms with E-state index in [1.807, 2.05) is 36.9 Å². The summed E-state index contributed by atoms with van der Waals surface area (Å²) < 4.78 is 50.0. The second-order valence-electron chi connectivity index (χ2n) is 14.2. The number of aromatic nitrogens is 6. The zero-order chi connectivity index (χ0) is 40.6. The second-order valence-corrected chi connectivity index (χ2v) is 14.2. The topological polar surface area (TPSA) is 160 Å². The zero-order valence-corrected chi connectivity index (χ0v) is 32.2. The maximum atomic E-state index is 14.6. The number of carbonyl (C=O) groups excluding carboxylic acids is 2. The standard InChI is InChI=1S/C40H44F3N9O5/c1-5-9-24-10-8-11-27(35(24)57-20-6-2)36-47-39-51(21-31(53)46-29-15-14-28(40(41,42)43)25-12-13-26(25)29)30(7-3)33(38(56)52(39)48-36)49-16-18-50(19-17-49)37(55)32-34(54)23(4)44-22-45-32/h8,10-11,14-15,22,54H,5-7,9,12-13,16-21H2,1-4H3,(H,46,53). The van der Waals surface area contributed by atoms with Crippen LogP contribution in [-0.2, 0) is 43.2 Å². The molecular weight excluding hydrogens is 743 g/mol. The Morgan fingerprint density at radius 1 is 0.982 bits per heavy atom. The van der Waals surface area contributed by atoms with E-state index < -0.39 is 29.1 Å². The molecule has 0 saturated carbocycles. The number of anilines is 2. The summed E-state index contributed by atoms with van der Waals surface area (Å²) in [4.78, 5) is 58.0. The number of fused-ring (bicyclic) bond motifs is 2. The highest BCUT2D eigenvalue weighted by molar-refractivity contribution is 5.95. The van der Waals surface area contributed by atoms with Gasteiger partial charge in [-0.1, -0.05) is 39.3 Å². The summed E-state index contributed by atoms with van der Waals surface area (Å²) >= 11 is 0. The van der Waals surface area contributed by atoms with Crippen LogP contribution in [0, 0.1) is 6.92 Å². The molecule has 57 heavy (non-hydrogen) atoms. The number of ether oxygens (including phenoxy) is 1. The van der Waals surface area contributed by atoms with Crippen molar-refractivity contribution in [1.29, 1.82) is 0 Å². The van der Waals surface area contributed by atoms with Gasteiger partial charge in [-0.15, -0.1) is 5.10 Å². The molecule has 1 aliphatic carbocycles. The molecule has 7 rings (SSSR count). The number of hydrogen-bond donors (Lipinski definition) is 2. The van der Waals surface area contributed by atoms with Crippen molar-refractivity contribution in [2.75, 3.05) is 43.0 Å². The van der Waals surface area contributed by atoms with Crippen LogP contribution in [0.1, 0.15) is 77.7 Å². The number of nitrogens with zero attached hydrogens (tertiary/aromatic N) is 8. The van der Waals surface area contributed by atoms with Gasteiger partial charge >= 0.3 is 6.18 Å². The number of halogens is 3. The molecule has 0 bridgehead atoms. The van der Waals surface area contributed by atoms with Crippen LogP contribution in [0.4, 0.5) is 24.5 Å². The van der Waals surface area contributed by atoms with E-state index in [2.05, 4.69) is 22.2 Å². The van der Waals surface area contributed by atoms with Gasteiger partial charge in [0.2, 0.25) is 11.7 Å². The van der Waals surface area contributed by atoms with Gasteiger partial charge in [-0.3, -0.25) is 14.4 Å². The Morgan fingerprint density at radius 2 is 1.74 bits per heavy atom. The summed E-state index contributed by atoms with van der Waals surface area (Å²) in [6, 6.07) is 7.98. The van der Waals surface area contributed by atoms with Crippen molar-refractivity contribution in [2.24, 2.45) is 0 Å². The molecule has 0 unspecified atom stereocenters. The molecule has 17 heteroatoms. The van der Waals surface area contributed by atoms with Crippen LogP contribution in [0.15, 0.2) is 41.5 Å². The Labute approximate surface area is 326 Å². The van der Waals surface area contributed by atoms with Crippen LogP contribution in [0.2, 0.25) is 0 Å². The highest BCUT2D eigenvalue weighted by atomic mass is 19.4. The maximum absolute atomic E-state index is 14.6. The lowest BCUT2D eigenvalue weighted by molar-refractivity contribution is -0.138. The Hall–Kier alpha value is -6.00. The van der Waals surface area contributed by atoms with Gasteiger partial charge in [0, 0.05) is 31.9 Å². The number of alkyl halides is 3. The van der Waals surface area contributed by atoms with E-state index in [0.29, 0.717) is 47.7 Å². The van der Waals surface area contributed by atoms with Gasteiger partial charge in [0.1, 0.15) is 24.3 Å². The second kappa shape index (κ2) is 15.9. The van der Waals surface area contributed by atoms with Gasteiger partial charge in [0.15, 0.2) is 17.3 Å². The van der Waals surface area contributed by atoms with Crippen LogP contribution < -0.4 is 20.5 Å². The van der Waals surface area contributed by atoms with Gasteiger partial charge in [-0.2, -0.15) is 22.7 Å². The van der Waals surface area contributed by atoms with Gasteiger partial charge in [0.25, 0.3) is 11.5 Å². The van der Waals surface area contributed by atoms with Crippen molar-refractivity contribution in [3.05, 3.63) is 86.3 Å². The first-order valence-corrected chi connectivity index (χ1v) is 19.2. The van der Waals surface area contributed by atoms with Gasteiger partial charge in [-0.25, -0.2) is 9.97 Å². The lowest BCUT2D eigenvalue weighted by Gasteiger charge is -2.36. The number of para-hydroxylation sites is 1. The third kappa shape index (κ3) is 7.37. The molecule has 300 valence electrons. The van der Waals surface area contributed by atoms with Gasteiger partial charge < -0.3 is 29.5 Å². The molecule has 0 atom stereocenters. The van der Waals surface area contributed by atoms with Crippen LogP contribution in [-0.4, -0.2) is 83.7 Å². The van der Waals surface area contributed by atoms with Crippen LogP contribution in [0.5, 0.6) is 11.5 Å². The van der Waals surface area contributed by atoms with Crippen molar-refractivity contribution in [2.45, 2.75) is 78.9 Å². The Bertz CT molecular complexity index is 2420. The van der Waals surface area contributed by atoms with E-state index >= 15 is 0 Å². The molecule has 0 radical (unpaired) electrons. The zero-order valence-electron chi connectivity index (χ0n) is 32.2. The fourth-order valence-electron chi connectivity index (χ4n) is 7.60. The van der Waals surface area contributed by atoms with E-state index in [1.54, 1.807) is 16.4 Å². The molecule has 2 N–H and O–H groups in total. The smallest absolute Gasteiger partial charge is 0.416 e. The first-order valence-electron chi connectivity index (χ1n) is 19.2. The number of amides is 2. The molecular formula is C40H44F3N9O5. The fourth-order valence-corrected chi connectivity index (χ4v) is 7.60. The third-order valence-electron chi connectivity index (χ3n) is 10.5. The minimum Gasteiger partial charge on any atom is -0.504 e. The Kier molecular flexibility index (Phi) is 10.9. The number of aryl methyl sites for hydroxylation is 2. The number of rotatable bonds is 12. The molecule has 5 aromatic rings. The number of hydrogen-bond acceptors (Lipinski definition) is 10.